The van der Waals surface area contributed by atoms with Crippen molar-refractivity contribution in [3.05, 3.63) is 45.9 Å². The van der Waals surface area contributed by atoms with Crippen LogP contribution in [-0.2, 0) is 17.8 Å². The molecule has 0 radical (unpaired) electrons. The van der Waals surface area contributed by atoms with Gasteiger partial charge in [-0.15, -0.1) is 0 Å². The van der Waals surface area contributed by atoms with E-state index in [9.17, 15) is 14.7 Å². The smallest absolute Gasteiger partial charge is 0.257 e. The van der Waals surface area contributed by atoms with E-state index in [0.29, 0.717) is 44.9 Å². The van der Waals surface area contributed by atoms with Crippen molar-refractivity contribution in [2.45, 2.75) is 32.0 Å². The summed E-state index contributed by atoms with van der Waals surface area (Å²) >= 11 is 1.50. The Morgan fingerprint density at radius 2 is 1.97 bits per heavy atom. The Kier molecular flexibility index (Phi) is 5.54. The maximum atomic E-state index is 13.1. The Morgan fingerprint density at radius 1 is 1.24 bits per heavy atom. The van der Waals surface area contributed by atoms with E-state index in [1.807, 2.05) is 30.9 Å². The highest BCUT2D eigenvalue weighted by Gasteiger charge is 2.32. The predicted octanol–water partition coefficient (Wildman–Crippen LogP) is 1.89. The van der Waals surface area contributed by atoms with Crippen molar-refractivity contribution in [3.63, 3.8) is 0 Å². The number of carbonyl (C=O) groups excluding carboxylic acids is 1. The topological polar surface area (TPSA) is 78.7 Å². The average molecular weight is 415 g/mol. The Bertz CT molecular complexity index is 982. The number of aryl methyl sites for hydroxylation is 1. The number of hydrogen-bond acceptors (Lipinski definition) is 6. The molecule has 1 fully saturated rings. The third-order valence-corrected chi connectivity index (χ3v) is 6.91. The summed E-state index contributed by atoms with van der Waals surface area (Å²) in [6, 6.07) is 7.29. The van der Waals surface area contributed by atoms with Crippen LogP contribution in [0.15, 0.2) is 34.2 Å². The van der Waals surface area contributed by atoms with Crippen LogP contribution >= 0.6 is 11.8 Å². The molecule has 1 unspecified atom stereocenters. The maximum Gasteiger partial charge on any atom is 0.257 e. The van der Waals surface area contributed by atoms with Gasteiger partial charge in [0, 0.05) is 49.7 Å². The van der Waals surface area contributed by atoms with Gasteiger partial charge in [0.1, 0.15) is 5.75 Å². The van der Waals surface area contributed by atoms with E-state index in [2.05, 4.69) is 9.88 Å². The van der Waals surface area contributed by atoms with Gasteiger partial charge in [0.2, 0.25) is 5.91 Å². The molecule has 2 aromatic rings. The first-order valence-electron chi connectivity index (χ1n) is 10.0. The molecule has 1 aromatic heterocycles. The van der Waals surface area contributed by atoms with E-state index in [-0.39, 0.29) is 23.1 Å². The zero-order valence-corrected chi connectivity index (χ0v) is 17.6. The number of aromatic nitrogens is 2. The normalized spacial score (nSPS) is 19.2. The fourth-order valence-corrected chi connectivity index (χ4v) is 5.22. The van der Waals surface area contributed by atoms with Crippen molar-refractivity contribution >= 4 is 23.4 Å². The number of hydrogen-bond donors (Lipinski definition) is 1. The fourth-order valence-electron chi connectivity index (χ4n) is 4.11. The Balaban J connectivity index is 1.44. The van der Waals surface area contributed by atoms with Crippen LogP contribution in [0.25, 0.3) is 0 Å². The molecule has 7 nitrogen and oxygen atoms in total. The molecule has 1 N–H and O–H groups in total. The van der Waals surface area contributed by atoms with Gasteiger partial charge in [-0.2, -0.15) is 0 Å². The highest BCUT2D eigenvalue weighted by Crippen LogP contribution is 2.29. The zero-order chi connectivity index (χ0) is 20.5. The number of carbonyl (C=O) groups is 1. The molecule has 2 aliphatic rings. The molecule has 1 atom stereocenters. The minimum atomic E-state index is -0.212. The van der Waals surface area contributed by atoms with E-state index in [0.717, 1.165) is 22.1 Å². The van der Waals surface area contributed by atoms with Crippen LogP contribution < -0.4 is 10.5 Å². The first kappa shape index (κ1) is 19.8. The molecule has 2 aliphatic heterocycles. The van der Waals surface area contributed by atoms with E-state index < -0.39 is 0 Å². The molecule has 0 saturated carbocycles. The molecule has 0 spiro atoms. The number of nitrogens with zero attached hydrogens (tertiary/aromatic N) is 4. The molecule has 4 rings (SSSR count). The number of thioether (sulfide) groups is 1. The fraction of sp³-hybridized carbons (Fsp3) is 0.476. The second-order valence-electron chi connectivity index (χ2n) is 7.54. The van der Waals surface area contributed by atoms with Gasteiger partial charge in [-0.1, -0.05) is 30.8 Å². The minimum absolute atomic E-state index is 0.00984. The summed E-state index contributed by atoms with van der Waals surface area (Å²) in [5, 5.41) is 10.8. The molecule has 1 amide bonds. The highest BCUT2D eigenvalue weighted by atomic mass is 32.2. The van der Waals surface area contributed by atoms with Crippen molar-refractivity contribution < 1.29 is 9.90 Å². The van der Waals surface area contributed by atoms with Gasteiger partial charge in [-0.05, 0) is 25.5 Å². The molecule has 1 aromatic carbocycles. The number of para-hydroxylation sites is 2. The van der Waals surface area contributed by atoms with E-state index in [1.165, 1.54) is 11.8 Å². The zero-order valence-electron chi connectivity index (χ0n) is 16.8. The van der Waals surface area contributed by atoms with E-state index >= 15 is 0 Å². The summed E-state index contributed by atoms with van der Waals surface area (Å²) in [5.41, 5.74) is 2.33. The minimum Gasteiger partial charge on any atom is -0.506 e. The van der Waals surface area contributed by atoms with Crippen molar-refractivity contribution in [1.29, 1.82) is 0 Å². The molecule has 0 aliphatic carbocycles. The van der Waals surface area contributed by atoms with E-state index in [4.69, 9.17) is 0 Å². The van der Waals surface area contributed by atoms with Crippen LogP contribution in [0.5, 0.6) is 5.75 Å². The molecular formula is C21H26N4O3S. The number of rotatable bonds is 3. The van der Waals surface area contributed by atoms with Crippen molar-refractivity contribution in [1.82, 2.24) is 14.5 Å². The first-order chi connectivity index (χ1) is 14.0. The standard InChI is InChI=1S/C21H26N4O3S/c1-3-16-14(2)22-21-25(20(16)28)12-15(13-29-21)19(27)24-10-8-23(9-11-24)17-6-4-5-7-18(17)26/h4-7,15,26H,3,8-13H2,1-2H3. The van der Waals surface area contributed by atoms with Gasteiger partial charge in [0.25, 0.3) is 5.56 Å². The number of fused-ring (bicyclic) bond motifs is 1. The molecule has 29 heavy (non-hydrogen) atoms. The molecule has 8 heteroatoms. The number of phenols is 1. The number of amides is 1. The number of phenolic OH excluding ortho intramolecular Hbond substituents is 1. The Hall–Kier alpha value is -2.48. The average Bonchev–Trinajstić information content (AvgIpc) is 2.74. The number of benzene rings is 1. The summed E-state index contributed by atoms with van der Waals surface area (Å²) < 4.78 is 1.68. The lowest BCUT2D eigenvalue weighted by Crippen LogP contribution is -2.52. The third kappa shape index (κ3) is 3.73. The summed E-state index contributed by atoms with van der Waals surface area (Å²) in [4.78, 5) is 34.5. The lowest BCUT2D eigenvalue weighted by molar-refractivity contribution is -0.135. The van der Waals surface area contributed by atoms with Crippen LogP contribution in [0.4, 0.5) is 5.69 Å². The lowest BCUT2D eigenvalue weighted by atomic mass is 10.1. The lowest BCUT2D eigenvalue weighted by Gasteiger charge is -2.38. The van der Waals surface area contributed by atoms with Gasteiger partial charge in [-0.25, -0.2) is 4.98 Å². The van der Waals surface area contributed by atoms with Crippen molar-refractivity contribution in [2.75, 3.05) is 36.8 Å². The molecular weight excluding hydrogens is 388 g/mol. The second kappa shape index (κ2) is 8.10. The monoisotopic (exact) mass is 414 g/mol. The largest absolute Gasteiger partial charge is 0.506 e. The summed E-state index contributed by atoms with van der Waals surface area (Å²) in [5.74, 6) is 0.804. The molecule has 0 bridgehead atoms. The number of piperazine rings is 1. The maximum absolute atomic E-state index is 13.1. The quantitative estimate of drug-likeness (QED) is 0.773. The van der Waals surface area contributed by atoms with Gasteiger partial charge in [0.05, 0.1) is 11.6 Å². The van der Waals surface area contributed by atoms with E-state index in [1.54, 1.807) is 16.7 Å². The number of aromatic hydroxyl groups is 1. The summed E-state index contributed by atoms with van der Waals surface area (Å²) in [7, 11) is 0. The Morgan fingerprint density at radius 3 is 2.66 bits per heavy atom. The molecule has 154 valence electrons. The van der Waals surface area contributed by atoms with Crippen molar-refractivity contribution in [3.8, 4) is 5.75 Å². The third-order valence-electron chi connectivity index (χ3n) is 5.77. The highest BCUT2D eigenvalue weighted by molar-refractivity contribution is 7.99. The van der Waals surface area contributed by atoms with Gasteiger partial charge < -0.3 is 14.9 Å². The van der Waals surface area contributed by atoms with Crippen LogP contribution in [0.3, 0.4) is 0 Å². The summed E-state index contributed by atoms with van der Waals surface area (Å²) in [6.07, 6.45) is 0.648. The van der Waals surface area contributed by atoms with Crippen molar-refractivity contribution in [2.24, 2.45) is 5.92 Å². The first-order valence-corrected chi connectivity index (χ1v) is 11.0. The van der Waals surface area contributed by atoms with Crippen LogP contribution in [0.1, 0.15) is 18.2 Å². The van der Waals surface area contributed by atoms with Crippen LogP contribution in [0.2, 0.25) is 0 Å². The van der Waals surface area contributed by atoms with Gasteiger partial charge in [0.15, 0.2) is 5.16 Å². The number of anilines is 1. The predicted molar refractivity (Wildman–Crippen MR) is 114 cm³/mol. The Labute approximate surface area is 174 Å². The second-order valence-corrected chi connectivity index (χ2v) is 8.52. The van der Waals surface area contributed by atoms with Gasteiger partial charge >= 0.3 is 0 Å². The summed E-state index contributed by atoms with van der Waals surface area (Å²) in [6.45, 7) is 6.83. The molecule has 3 heterocycles. The van der Waals surface area contributed by atoms with Crippen LogP contribution in [-0.4, -0.2) is 57.4 Å². The SMILES string of the molecule is CCc1c(C)nc2n(c1=O)CC(C(=O)N1CCN(c3ccccc3O)CC1)CS2. The van der Waals surface area contributed by atoms with Crippen LogP contribution in [0, 0.1) is 12.8 Å². The van der Waals surface area contributed by atoms with Gasteiger partial charge in [-0.3, -0.25) is 14.2 Å². The molecule has 1 saturated heterocycles.